The molecule has 28 heavy (non-hydrogen) atoms. The lowest BCUT2D eigenvalue weighted by atomic mass is 10.1. The molecular formula is C22H22BrFN2O2. The lowest BCUT2D eigenvalue weighted by molar-refractivity contribution is -0.127. The van der Waals surface area contributed by atoms with Gasteiger partial charge >= 0.3 is 0 Å². The molecule has 0 radical (unpaired) electrons. The minimum Gasteiger partial charge on any atom is -0.336 e. The average Bonchev–Trinajstić information content (AvgIpc) is 2.73. The molecule has 0 spiro atoms. The van der Waals surface area contributed by atoms with Crippen molar-refractivity contribution in [2.24, 2.45) is 0 Å². The Hall–Kier alpha value is -2.47. The number of nitrogens with zero attached hydrogens (tertiary/aromatic N) is 2. The Balaban J connectivity index is 1.56. The molecule has 0 aliphatic carbocycles. The second-order valence-electron chi connectivity index (χ2n) is 6.67. The van der Waals surface area contributed by atoms with Crippen LogP contribution in [-0.4, -0.2) is 47.8 Å². The third kappa shape index (κ3) is 4.87. The molecule has 1 fully saturated rings. The summed E-state index contributed by atoms with van der Waals surface area (Å²) in [6.45, 7) is 3.97. The van der Waals surface area contributed by atoms with E-state index >= 15 is 0 Å². The summed E-state index contributed by atoms with van der Waals surface area (Å²) in [6, 6.07) is 12.2. The molecule has 1 heterocycles. The summed E-state index contributed by atoms with van der Waals surface area (Å²) in [6.07, 6.45) is 3.80. The van der Waals surface area contributed by atoms with Gasteiger partial charge in [-0.3, -0.25) is 9.59 Å². The normalized spacial score (nSPS) is 14.5. The first-order chi connectivity index (χ1) is 13.5. The monoisotopic (exact) mass is 444 g/mol. The fourth-order valence-corrected chi connectivity index (χ4v) is 3.48. The van der Waals surface area contributed by atoms with Gasteiger partial charge in [0.2, 0.25) is 5.91 Å². The van der Waals surface area contributed by atoms with Crippen LogP contribution in [0.3, 0.4) is 0 Å². The van der Waals surface area contributed by atoms with Gasteiger partial charge < -0.3 is 9.80 Å². The number of carbonyl (C=O) groups excluding carboxylic acids is 2. The summed E-state index contributed by atoms with van der Waals surface area (Å²) >= 11 is 3.29. The van der Waals surface area contributed by atoms with Crippen molar-refractivity contribution in [3.05, 3.63) is 75.5 Å². The van der Waals surface area contributed by atoms with Crippen molar-refractivity contribution in [2.75, 3.05) is 26.2 Å². The lowest BCUT2D eigenvalue weighted by Crippen LogP contribution is -2.50. The molecule has 4 nitrogen and oxygen atoms in total. The largest absolute Gasteiger partial charge is 0.336 e. The molecule has 0 unspecified atom stereocenters. The molecule has 1 saturated heterocycles. The Labute approximate surface area is 172 Å². The van der Waals surface area contributed by atoms with E-state index in [9.17, 15) is 14.0 Å². The van der Waals surface area contributed by atoms with E-state index in [2.05, 4.69) is 22.9 Å². The van der Waals surface area contributed by atoms with E-state index in [-0.39, 0.29) is 17.6 Å². The number of carbonyl (C=O) groups is 2. The smallest absolute Gasteiger partial charge is 0.253 e. The predicted molar refractivity (Wildman–Crippen MR) is 111 cm³/mol. The van der Waals surface area contributed by atoms with Gasteiger partial charge in [0.05, 0.1) is 0 Å². The zero-order valence-electron chi connectivity index (χ0n) is 15.7. The fourth-order valence-electron chi connectivity index (χ4n) is 3.10. The molecule has 146 valence electrons. The quantitative estimate of drug-likeness (QED) is 0.664. The van der Waals surface area contributed by atoms with Crippen LogP contribution in [0.5, 0.6) is 0 Å². The van der Waals surface area contributed by atoms with Crippen LogP contribution in [0.15, 0.2) is 53.0 Å². The van der Waals surface area contributed by atoms with Crippen LogP contribution in [0.1, 0.15) is 28.4 Å². The maximum Gasteiger partial charge on any atom is 0.253 e. The zero-order chi connectivity index (χ0) is 20.1. The van der Waals surface area contributed by atoms with Gasteiger partial charge in [-0.15, -0.1) is 0 Å². The van der Waals surface area contributed by atoms with Crippen molar-refractivity contribution in [1.29, 1.82) is 0 Å². The molecule has 0 atom stereocenters. The fraction of sp³-hybridized carbons (Fsp3) is 0.273. The number of aryl methyl sites for hydroxylation is 1. The maximum atomic E-state index is 13.8. The number of hydrogen-bond acceptors (Lipinski definition) is 2. The zero-order valence-corrected chi connectivity index (χ0v) is 17.3. The summed E-state index contributed by atoms with van der Waals surface area (Å²) in [5, 5.41) is 0. The van der Waals surface area contributed by atoms with Gasteiger partial charge in [0.1, 0.15) is 5.82 Å². The van der Waals surface area contributed by atoms with E-state index in [1.54, 1.807) is 21.9 Å². The summed E-state index contributed by atoms with van der Waals surface area (Å²) in [5.74, 6) is -0.572. The van der Waals surface area contributed by atoms with Crippen LogP contribution in [0.25, 0.3) is 6.08 Å². The van der Waals surface area contributed by atoms with Crippen LogP contribution < -0.4 is 0 Å². The molecule has 0 aromatic heterocycles. The minimum atomic E-state index is -0.378. The number of piperazine rings is 1. The number of halogens is 2. The van der Waals surface area contributed by atoms with Crippen molar-refractivity contribution >= 4 is 33.8 Å². The van der Waals surface area contributed by atoms with E-state index in [1.165, 1.54) is 23.8 Å². The molecule has 2 amide bonds. The Morgan fingerprint density at radius 3 is 2.32 bits per heavy atom. The van der Waals surface area contributed by atoms with Crippen molar-refractivity contribution in [2.45, 2.75) is 13.3 Å². The molecule has 0 saturated carbocycles. The molecule has 2 aromatic rings. The standard InChI is InChI=1S/C22H22BrFN2O2/c1-2-16-3-5-17(6-4-16)22(28)26-13-11-25(12-14-26)21(27)10-7-18-15-19(23)8-9-20(18)24/h3-10,15H,2,11-14H2,1H3/b10-7+. The number of hydrogen-bond donors (Lipinski definition) is 0. The molecule has 0 bridgehead atoms. The SMILES string of the molecule is CCc1ccc(C(=O)N2CCN(C(=O)/C=C/c3cc(Br)ccc3F)CC2)cc1. The van der Waals surface area contributed by atoms with Gasteiger partial charge in [-0.2, -0.15) is 0 Å². The molecule has 1 aliphatic heterocycles. The van der Waals surface area contributed by atoms with Crippen molar-refractivity contribution < 1.29 is 14.0 Å². The Kier molecular flexibility index (Phi) is 6.62. The van der Waals surface area contributed by atoms with E-state index in [0.717, 1.165) is 10.9 Å². The van der Waals surface area contributed by atoms with Gasteiger partial charge in [-0.05, 0) is 48.4 Å². The first kappa shape index (κ1) is 20.3. The molecule has 2 aromatic carbocycles. The van der Waals surface area contributed by atoms with Crippen molar-refractivity contribution in [1.82, 2.24) is 9.80 Å². The summed E-state index contributed by atoms with van der Waals surface area (Å²) in [5.41, 5.74) is 2.22. The lowest BCUT2D eigenvalue weighted by Gasteiger charge is -2.34. The molecule has 1 aliphatic rings. The molecule has 0 N–H and O–H groups in total. The summed E-state index contributed by atoms with van der Waals surface area (Å²) < 4.78 is 14.5. The van der Waals surface area contributed by atoms with Crippen LogP contribution in [-0.2, 0) is 11.2 Å². The van der Waals surface area contributed by atoms with Gasteiger partial charge in [0, 0.05) is 47.9 Å². The van der Waals surface area contributed by atoms with E-state index in [1.807, 2.05) is 24.3 Å². The highest BCUT2D eigenvalue weighted by Crippen LogP contribution is 2.17. The van der Waals surface area contributed by atoms with Crippen LogP contribution in [0.4, 0.5) is 4.39 Å². The number of rotatable bonds is 4. The minimum absolute atomic E-state index is 0.0125. The van der Waals surface area contributed by atoms with E-state index in [4.69, 9.17) is 0 Å². The van der Waals surface area contributed by atoms with Gasteiger partial charge in [0.15, 0.2) is 0 Å². The first-order valence-electron chi connectivity index (χ1n) is 9.28. The second kappa shape index (κ2) is 9.15. The topological polar surface area (TPSA) is 40.6 Å². The maximum absolute atomic E-state index is 13.8. The highest BCUT2D eigenvalue weighted by molar-refractivity contribution is 9.10. The Morgan fingerprint density at radius 1 is 1.04 bits per heavy atom. The highest BCUT2D eigenvalue weighted by atomic mass is 79.9. The summed E-state index contributed by atoms with van der Waals surface area (Å²) in [4.78, 5) is 28.4. The van der Waals surface area contributed by atoms with Crippen molar-refractivity contribution in [3.8, 4) is 0 Å². The third-order valence-corrected chi connectivity index (χ3v) is 5.34. The van der Waals surface area contributed by atoms with Crippen LogP contribution in [0.2, 0.25) is 0 Å². The Bertz CT molecular complexity index is 888. The third-order valence-electron chi connectivity index (χ3n) is 4.85. The molecule has 6 heteroatoms. The summed E-state index contributed by atoms with van der Waals surface area (Å²) in [7, 11) is 0. The predicted octanol–water partition coefficient (Wildman–Crippen LogP) is 4.15. The van der Waals surface area contributed by atoms with E-state index < -0.39 is 0 Å². The average molecular weight is 445 g/mol. The molecular weight excluding hydrogens is 423 g/mol. The van der Waals surface area contributed by atoms with Gasteiger partial charge in [-0.25, -0.2) is 4.39 Å². The van der Waals surface area contributed by atoms with Crippen LogP contribution >= 0.6 is 15.9 Å². The van der Waals surface area contributed by atoms with Crippen molar-refractivity contribution in [3.63, 3.8) is 0 Å². The molecule has 3 rings (SSSR count). The van der Waals surface area contributed by atoms with E-state index in [0.29, 0.717) is 37.3 Å². The van der Waals surface area contributed by atoms with Crippen LogP contribution in [0, 0.1) is 5.82 Å². The van der Waals surface area contributed by atoms with Gasteiger partial charge in [0.25, 0.3) is 5.91 Å². The Morgan fingerprint density at radius 2 is 1.68 bits per heavy atom. The first-order valence-corrected chi connectivity index (χ1v) is 10.1. The number of amides is 2. The second-order valence-corrected chi connectivity index (χ2v) is 7.58. The van der Waals surface area contributed by atoms with Gasteiger partial charge in [-0.1, -0.05) is 35.0 Å². The highest BCUT2D eigenvalue weighted by Gasteiger charge is 2.23. The number of benzene rings is 2.